The Morgan fingerprint density at radius 2 is 0.717 bits per heavy atom. The number of aryl methyl sites for hydroxylation is 2. The number of benzene rings is 7. The number of rotatable bonds is 6. The molecular weight excluding hydrogens is 564 g/mol. The first-order valence-electron chi connectivity index (χ1n) is 15.5. The molecule has 0 aromatic heterocycles. The number of fused-ring (bicyclic) bond motifs is 3. The van der Waals surface area contributed by atoms with E-state index in [4.69, 9.17) is 9.47 Å². The van der Waals surface area contributed by atoms with Gasteiger partial charge in [-0.2, -0.15) is 0 Å². The lowest BCUT2D eigenvalue weighted by atomic mass is 10.00. The van der Waals surface area contributed by atoms with Crippen molar-refractivity contribution in [1.29, 1.82) is 0 Å². The average Bonchev–Trinajstić information content (AvgIpc) is 3.09. The second-order valence-corrected chi connectivity index (χ2v) is 11.6. The molecule has 4 heteroatoms. The maximum absolute atomic E-state index is 6.60. The standard InChI is InChI=1S/C42H32N2O2/c1-29-17-21-33(22-18-29)43-37-25-31-11-9-10-12-32(31)26-38(37)44(34-23-19-30(2)20-24-34)40-28-42(46-36-15-7-4-8-16-36)41(27-39(40)43)45-35-13-5-3-6-14-35/h3-28H,1-2H3. The van der Waals surface area contributed by atoms with Gasteiger partial charge in [0.25, 0.3) is 0 Å². The molecule has 0 amide bonds. The second-order valence-electron chi connectivity index (χ2n) is 11.6. The van der Waals surface area contributed by atoms with E-state index in [1.165, 1.54) is 21.9 Å². The topological polar surface area (TPSA) is 24.9 Å². The zero-order chi connectivity index (χ0) is 31.0. The van der Waals surface area contributed by atoms with Crippen molar-refractivity contribution >= 4 is 44.9 Å². The molecule has 0 fully saturated rings. The summed E-state index contributed by atoms with van der Waals surface area (Å²) < 4.78 is 13.2. The van der Waals surface area contributed by atoms with Crippen molar-refractivity contribution in [1.82, 2.24) is 0 Å². The SMILES string of the molecule is Cc1ccc(N2c3cc(Oc4ccccc4)c(Oc4ccccc4)cc3N(c3ccc(C)cc3)c3cc4ccccc4cc32)cc1. The predicted molar refractivity (Wildman–Crippen MR) is 189 cm³/mol. The molecule has 46 heavy (non-hydrogen) atoms. The summed E-state index contributed by atoms with van der Waals surface area (Å²) in [7, 11) is 0. The van der Waals surface area contributed by atoms with Gasteiger partial charge in [-0.15, -0.1) is 0 Å². The van der Waals surface area contributed by atoms with Gasteiger partial charge < -0.3 is 19.3 Å². The minimum Gasteiger partial charge on any atom is -0.453 e. The zero-order valence-electron chi connectivity index (χ0n) is 25.7. The molecular formula is C42H32N2O2. The number of ether oxygens (including phenoxy) is 2. The van der Waals surface area contributed by atoms with E-state index in [2.05, 4.69) is 121 Å². The average molecular weight is 597 g/mol. The Hall–Kier alpha value is -6.00. The fourth-order valence-electron chi connectivity index (χ4n) is 6.07. The summed E-state index contributed by atoms with van der Waals surface area (Å²) in [6, 6.07) is 54.5. The summed E-state index contributed by atoms with van der Waals surface area (Å²) >= 11 is 0. The minimum absolute atomic E-state index is 0.624. The first-order valence-corrected chi connectivity index (χ1v) is 15.5. The van der Waals surface area contributed by atoms with Crippen molar-refractivity contribution in [2.24, 2.45) is 0 Å². The summed E-state index contributed by atoms with van der Waals surface area (Å²) in [6.45, 7) is 4.24. The van der Waals surface area contributed by atoms with Gasteiger partial charge in [-0.3, -0.25) is 0 Å². The van der Waals surface area contributed by atoms with Crippen LogP contribution in [0, 0.1) is 13.8 Å². The van der Waals surface area contributed by atoms with Gasteiger partial charge in [0.2, 0.25) is 0 Å². The molecule has 7 aromatic carbocycles. The van der Waals surface area contributed by atoms with E-state index < -0.39 is 0 Å². The monoisotopic (exact) mass is 596 g/mol. The molecule has 0 radical (unpaired) electrons. The highest BCUT2D eigenvalue weighted by Crippen LogP contribution is 2.58. The van der Waals surface area contributed by atoms with Crippen molar-refractivity contribution < 1.29 is 9.47 Å². The third-order valence-corrected chi connectivity index (χ3v) is 8.37. The summed E-state index contributed by atoms with van der Waals surface area (Å²) in [5, 5.41) is 2.35. The molecule has 4 nitrogen and oxygen atoms in total. The molecule has 1 aliphatic rings. The third-order valence-electron chi connectivity index (χ3n) is 8.37. The zero-order valence-corrected chi connectivity index (χ0v) is 25.7. The quantitative estimate of drug-likeness (QED) is 0.191. The lowest BCUT2D eigenvalue weighted by Gasteiger charge is -2.41. The minimum atomic E-state index is 0.624. The molecule has 0 bridgehead atoms. The van der Waals surface area contributed by atoms with Crippen LogP contribution in [0.2, 0.25) is 0 Å². The highest BCUT2D eigenvalue weighted by Gasteiger charge is 2.33. The van der Waals surface area contributed by atoms with E-state index in [0.717, 1.165) is 45.6 Å². The van der Waals surface area contributed by atoms with Crippen LogP contribution in [-0.4, -0.2) is 0 Å². The van der Waals surface area contributed by atoms with Gasteiger partial charge in [-0.1, -0.05) is 96.1 Å². The first-order chi connectivity index (χ1) is 22.6. The molecule has 1 aliphatic heterocycles. The van der Waals surface area contributed by atoms with E-state index in [0.29, 0.717) is 11.5 Å². The number of para-hydroxylation sites is 2. The third kappa shape index (κ3) is 5.10. The van der Waals surface area contributed by atoms with Gasteiger partial charge in [-0.05, 0) is 85.3 Å². The number of hydrogen-bond acceptors (Lipinski definition) is 4. The molecule has 8 rings (SSSR count). The van der Waals surface area contributed by atoms with Crippen LogP contribution < -0.4 is 19.3 Å². The van der Waals surface area contributed by atoms with Crippen molar-refractivity contribution in [3.8, 4) is 23.0 Å². The van der Waals surface area contributed by atoms with Crippen molar-refractivity contribution in [3.05, 3.63) is 169 Å². The van der Waals surface area contributed by atoms with Crippen molar-refractivity contribution in [2.75, 3.05) is 9.80 Å². The highest BCUT2D eigenvalue weighted by molar-refractivity contribution is 6.06. The first kappa shape index (κ1) is 27.5. The molecule has 0 saturated heterocycles. The molecule has 7 aromatic rings. The van der Waals surface area contributed by atoms with Gasteiger partial charge >= 0.3 is 0 Å². The fraction of sp³-hybridized carbons (Fsp3) is 0.0476. The molecule has 0 saturated carbocycles. The van der Waals surface area contributed by atoms with Gasteiger partial charge in [0, 0.05) is 23.5 Å². The van der Waals surface area contributed by atoms with E-state index >= 15 is 0 Å². The molecule has 222 valence electrons. The Balaban J connectivity index is 1.43. The number of anilines is 6. The normalized spacial score (nSPS) is 12.0. The Kier molecular flexibility index (Phi) is 6.88. The van der Waals surface area contributed by atoms with E-state index in [-0.39, 0.29) is 0 Å². The van der Waals surface area contributed by atoms with Gasteiger partial charge in [0.15, 0.2) is 11.5 Å². The summed E-state index contributed by atoms with van der Waals surface area (Å²) in [4.78, 5) is 4.68. The molecule has 0 unspecified atom stereocenters. The van der Waals surface area contributed by atoms with Crippen LogP contribution in [0.3, 0.4) is 0 Å². The maximum atomic E-state index is 6.60. The van der Waals surface area contributed by atoms with Gasteiger partial charge in [0.1, 0.15) is 11.5 Å². The van der Waals surface area contributed by atoms with Crippen LogP contribution in [0.4, 0.5) is 34.1 Å². The van der Waals surface area contributed by atoms with Crippen molar-refractivity contribution in [2.45, 2.75) is 13.8 Å². The molecule has 0 spiro atoms. The Labute approximate surface area is 269 Å². The Morgan fingerprint density at radius 3 is 1.11 bits per heavy atom. The van der Waals surface area contributed by atoms with Gasteiger partial charge in [0.05, 0.1) is 22.7 Å². The number of hydrogen-bond donors (Lipinski definition) is 0. The molecule has 0 N–H and O–H groups in total. The largest absolute Gasteiger partial charge is 0.453 e. The highest BCUT2D eigenvalue weighted by atomic mass is 16.5. The molecule has 1 heterocycles. The van der Waals surface area contributed by atoms with Crippen LogP contribution in [0.5, 0.6) is 23.0 Å². The lowest BCUT2D eigenvalue weighted by molar-refractivity contribution is 0.419. The smallest absolute Gasteiger partial charge is 0.172 e. The Morgan fingerprint density at radius 1 is 0.370 bits per heavy atom. The summed E-state index contributed by atoms with van der Waals surface area (Å²) in [6.07, 6.45) is 0. The van der Waals surface area contributed by atoms with E-state index in [1.54, 1.807) is 0 Å². The lowest BCUT2D eigenvalue weighted by Crippen LogP contribution is -2.24. The van der Waals surface area contributed by atoms with Crippen molar-refractivity contribution in [3.63, 3.8) is 0 Å². The summed E-state index contributed by atoms with van der Waals surface area (Å²) in [5.41, 5.74) is 8.68. The maximum Gasteiger partial charge on any atom is 0.172 e. The predicted octanol–water partition coefficient (Wildman–Crippen LogP) is 12.3. The van der Waals surface area contributed by atoms with E-state index in [9.17, 15) is 0 Å². The second kappa shape index (κ2) is 11.5. The van der Waals surface area contributed by atoms with Crippen LogP contribution in [0.25, 0.3) is 10.8 Å². The molecule has 0 atom stereocenters. The van der Waals surface area contributed by atoms with Crippen LogP contribution in [-0.2, 0) is 0 Å². The fourth-order valence-corrected chi connectivity index (χ4v) is 6.07. The van der Waals surface area contributed by atoms with Crippen LogP contribution >= 0.6 is 0 Å². The summed E-state index contributed by atoms with van der Waals surface area (Å²) in [5.74, 6) is 2.72. The van der Waals surface area contributed by atoms with Crippen LogP contribution in [0.15, 0.2) is 158 Å². The molecule has 0 aliphatic carbocycles. The van der Waals surface area contributed by atoms with Gasteiger partial charge in [-0.25, -0.2) is 0 Å². The Bertz CT molecular complexity index is 2000. The van der Waals surface area contributed by atoms with E-state index in [1.807, 2.05) is 60.7 Å². The van der Waals surface area contributed by atoms with Crippen LogP contribution in [0.1, 0.15) is 11.1 Å². The number of nitrogens with zero attached hydrogens (tertiary/aromatic N) is 2.